The highest BCUT2D eigenvalue weighted by molar-refractivity contribution is 7.08. The third-order valence-electron chi connectivity index (χ3n) is 4.43. The van der Waals surface area contributed by atoms with Crippen LogP contribution in [0.25, 0.3) is 11.4 Å². The van der Waals surface area contributed by atoms with Crippen LogP contribution < -0.4 is 0 Å². The Hall–Kier alpha value is -1.73. The van der Waals surface area contributed by atoms with E-state index in [2.05, 4.69) is 22.0 Å². The Morgan fingerprint density at radius 3 is 2.83 bits per heavy atom. The van der Waals surface area contributed by atoms with Crippen molar-refractivity contribution >= 4 is 17.2 Å². The number of thiophene rings is 1. The third kappa shape index (κ3) is 4.02. The van der Waals surface area contributed by atoms with Crippen molar-refractivity contribution < 1.29 is 9.32 Å². The van der Waals surface area contributed by atoms with Gasteiger partial charge in [0.1, 0.15) is 0 Å². The van der Waals surface area contributed by atoms with Gasteiger partial charge in [0.25, 0.3) is 0 Å². The second-order valence-corrected chi connectivity index (χ2v) is 7.09. The standard InChI is InChI=1S/C17H24N4O2S/c1-3-4-13(2)17(22)21-8-6-20(7-9-21)11-15-18-16(19-23-15)14-5-10-24-12-14/h5,10,12-13H,3-4,6-9,11H2,1-2H3/t13-/m0/s1. The lowest BCUT2D eigenvalue weighted by Gasteiger charge is -2.35. The molecular weight excluding hydrogens is 324 g/mol. The lowest BCUT2D eigenvalue weighted by atomic mass is 10.0. The van der Waals surface area contributed by atoms with E-state index >= 15 is 0 Å². The molecule has 0 radical (unpaired) electrons. The van der Waals surface area contributed by atoms with Crippen molar-refractivity contribution in [1.82, 2.24) is 19.9 Å². The minimum absolute atomic E-state index is 0.130. The summed E-state index contributed by atoms with van der Waals surface area (Å²) in [6, 6.07) is 1.99. The number of aromatic nitrogens is 2. The van der Waals surface area contributed by atoms with E-state index < -0.39 is 0 Å². The van der Waals surface area contributed by atoms with Crippen LogP contribution >= 0.6 is 11.3 Å². The van der Waals surface area contributed by atoms with E-state index in [0.717, 1.165) is 44.6 Å². The Labute approximate surface area is 146 Å². The topological polar surface area (TPSA) is 62.5 Å². The molecule has 7 heteroatoms. The van der Waals surface area contributed by atoms with Crippen LogP contribution in [0.4, 0.5) is 0 Å². The van der Waals surface area contributed by atoms with Gasteiger partial charge in [0.15, 0.2) is 0 Å². The molecule has 2 aromatic rings. The summed E-state index contributed by atoms with van der Waals surface area (Å²) in [5.74, 6) is 1.70. The second kappa shape index (κ2) is 7.90. The maximum absolute atomic E-state index is 12.4. The van der Waals surface area contributed by atoms with Gasteiger partial charge in [0.05, 0.1) is 6.54 Å². The molecule has 1 saturated heterocycles. The Kier molecular flexibility index (Phi) is 5.63. The molecular formula is C17H24N4O2S. The first kappa shape index (κ1) is 17.1. The lowest BCUT2D eigenvalue weighted by molar-refractivity contribution is -0.137. The van der Waals surface area contributed by atoms with Crippen molar-refractivity contribution in [3.8, 4) is 11.4 Å². The van der Waals surface area contributed by atoms with Crippen LogP contribution in [0.3, 0.4) is 0 Å². The Bertz CT molecular complexity index is 647. The summed E-state index contributed by atoms with van der Waals surface area (Å²) in [6.45, 7) is 8.04. The fourth-order valence-electron chi connectivity index (χ4n) is 3.01. The normalized spacial score (nSPS) is 17.2. The molecule has 1 aliphatic rings. The highest BCUT2D eigenvalue weighted by Gasteiger charge is 2.25. The summed E-state index contributed by atoms with van der Waals surface area (Å²) in [4.78, 5) is 21.1. The maximum Gasteiger partial charge on any atom is 0.241 e. The number of carbonyl (C=O) groups excluding carboxylic acids is 1. The predicted octanol–water partition coefficient (Wildman–Crippen LogP) is 2.88. The summed E-state index contributed by atoms with van der Waals surface area (Å²) in [6.07, 6.45) is 2.02. The molecule has 0 spiro atoms. The molecule has 24 heavy (non-hydrogen) atoms. The molecule has 0 aromatic carbocycles. The zero-order valence-corrected chi connectivity index (χ0v) is 15.1. The van der Waals surface area contributed by atoms with Crippen LogP contribution in [0.2, 0.25) is 0 Å². The van der Waals surface area contributed by atoms with Gasteiger partial charge in [0, 0.05) is 43.0 Å². The zero-order valence-electron chi connectivity index (χ0n) is 14.3. The monoisotopic (exact) mass is 348 g/mol. The first-order valence-electron chi connectivity index (χ1n) is 8.53. The molecule has 0 N–H and O–H groups in total. The van der Waals surface area contributed by atoms with Gasteiger partial charge in [-0.2, -0.15) is 16.3 Å². The number of hydrogen-bond donors (Lipinski definition) is 0. The van der Waals surface area contributed by atoms with Gasteiger partial charge >= 0.3 is 0 Å². The minimum Gasteiger partial charge on any atom is -0.340 e. The molecule has 2 aromatic heterocycles. The second-order valence-electron chi connectivity index (χ2n) is 6.31. The van der Waals surface area contributed by atoms with Gasteiger partial charge in [0.2, 0.25) is 17.6 Å². The van der Waals surface area contributed by atoms with Crippen molar-refractivity contribution in [2.24, 2.45) is 5.92 Å². The van der Waals surface area contributed by atoms with Gasteiger partial charge in [-0.15, -0.1) is 0 Å². The molecule has 1 amide bonds. The van der Waals surface area contributed by atoms with Gasteiger partial charge in [-0.05, 0) is 17.9 Å². The predicted molar refractivity (Wildman–Crippen MR) is 93.5 cm³/mol. The molecule has 0 saturated carbocycles. The molecule has 1 atom stereocenters. The molecule has 0 bridgehead atoms. The number of rotatable bonds is 6. The highest BCUT2D eigenvalue weighted by Crippen LogP contribution is 2.19. The van der Waals surface area contributed by atoms with Crippen LogP contribution in [0.1, 0.15) is 32.6 Å². The molecule has 0 aliphatic carbocycles. The molecule has 3 heterocycles. The third-order valence-corrected chi connectivity index (χ3v) is 5.12. The number of piperazine rings is 1. The van der Waals surface area contributed by atoms with Crippen LogP contribution in [0.5, 0.6) is 0 Å². The molecule has 1 aliphatic heterocycles. The average molecular weight is 348 g/mol. The van der Waals surface area contributed by atoms with Gasteiger partial charge in [-0.25, -0.2) is 0 Å². The molecule has 0 unspecified atom stereocenters. The molecule has 6 nitrogen and oxygen atoms in total. The van der Waals surface area contributed by atoms with E-state index in [1.165, 1.54) is 0 Å². The summed E-state index contributed by atoms with van der Waals surface area (Å²) < 4.78 is 5.36. The van der Waals surface area contributed by atoms with Crippen molar-refractivity contribution in [2.75, 3.05) is 26.2 Å². The summed E-state index contributed by atoms with van der Waals surface area (Å²) in [7, 11) is 0. The van der Waals surface area contributed by atoms with Crippen LogP contribution in [0, 0.1) is 5.92 Å². The van der Waals surface area contributed by atoms with E-state index in [1.807, 2.05) is 28.7 Å². The summed E-state index contributed by atoms with van der Waals surface area (Å²) in [5, 5.41) is 8.05. The van der Waals surface area contributed by atoms with Crippen LogP contribution in [-0.2, 0) is 11.3 Å². The van der Waals surface area contributed by atoms with Crippen molar-refractivity contribution in [3.05, 3.63) is 22.7 Å². The van der Waals surface area contributed by atoms with Crippen LogP contribution in [0.15, 0.2) is 21.3 Å². The first-order valence-corrected chi connectivity index (χ1v) is 9.48. The van der Waals surface area contributed by atoms with Gasteiger partial charge in [-0.1, -0.05) is 25.4 Å². The Morgan fingerprint density at radius 2 is 2.17 bits per heavy atom. The van der Waals surface area contributed by atoms with Gasteiger partial charge in [-0.3, -0.25) is 9.69 Å². The van der Waals surface area contributed by atoms with E-state index in [9.17, 15) is 4.79 Å². The van der Waals surface area contributed by atoms with E-state index in [-0.39, 0.29) is 11.8 Å². The van der Waals surface area contributed by atoms with Crippen LogP contribution in [-0.4, -0.2) is 52.0 Å². The largest absolute Gasteiger partial charge is 0.340 e. The van der Waals surface area contributed by atoms with E-state index in [1.54, 1.807) is 11.3 Å². The number of hydrogen-bond acceptors (Lipinski definition) is 6. The lowest BCUT2D eigenvalue weighted by Crippen LogP contribution is -2.49. The molecule has 1 fully saturated rings. The summed E-state index contributed by atoms with van der Waals surface area (Å²) >= 11 is 1.62. The SMILES string of the molecule is CCC[C@H](C)C(=O)N1CCN(Cc2nc(-c3ccsc3)no2)CC1. The fraction of sp³-hybridized carbons (Fsp3) is 0.588. The van der Waals surface area contributed by atoms with Gasteiger partial charge < -0.3 is 9.42 Å². The molecule has 130 valence electrons. The maximum atomic E-state index is 12.4. The smallest absolute Gasteiger partial charge is 0.241 e. The van der Waals surface area contributed by atoms with Crippen molar-refractivity contribution in [1.29, 1.82) is 0 Å². The quantitative estimate of drug-likeness (QED) is 0.803. The fourth-order valence-corrected chi connectivity index (χ4v) is 3.65. The number of amides is 1. The average Bonchev–Trinajstić information content (AvgIpc) is 3.26. The summed E-state index contributed by atoms with van der Waals surface area (Å²) in [5.41, 5.74) is 0.996. The Morgan fingerprint density at radius 1 is 1.38 bits per heavy atom. The van der Waals surface area contributed by atoms with Crippen molar-refractivity contribution in [2.45, 2.75) is 33.2 Å². The first-order chi connectivity index (χ1) is 11.7. The van der Waals surface area contributed by atoms with Crippen molar-refractivity contribution in [3.63, 3.8) is 0 Å². The van der Waals surface area contributed by atoms with E-state index in [0.29, 0.717) is 18.3 Å². The number of nitrogens with zero attached hydrogens (tertiary/aromatic N) is 4. The zero-order chi connectivity index (χ0) is 16.9. The minimum atomic E-state index is 0.130. The molecule has 3 rings (SSSR count). The van der Waals surface area contributed by atoms with E-state index in [4.69, 9.17) is 4.52 Å². The number of carbonyl (C=O) groups is 1. The highest BCUT2D eigenvalue weighted by atomic mass is 32.1. The Balaban J connectivity index is 1.50.